The van der Waals surface area contributed by atoms with Crippen LogP contribution in [0, 0.1) is 0 Å². The molecule has 1 N–H and O–H groups in total. The van der Waals surface area contributed by atoms with Gasteiger partial charge in [-0.2, -0.15) is 4.98 Å². The second-order valence-corrected chi connectivity index (χ2v) is 6.79. The predicted octanol–water partition coefficient (Wildman–Crippen LogP) is 1.97. The van der Waals surface area contributed by atoms with Crippen molar-refractivity contribution in [1.29, 1.82) is 0 Å². The van der Waals surface area contributed by atoms with E-state index in [9.17, 15) is 0 Å². The van der Waals surface area contributed by atoms with Gasteiger partial charge in [0.2, 0.25) is 5.88 Å². The second kappa shape index (κ2) is 10.7. The average molecular weight is 405 g/mol. The summed E-state index contributed by atoms with van der Waals surface area (Å²) in [4.78, 5) is 8.94. The van der Waals surface area contributed by atoms with Crippen molar-refractivity contribution in [2.75, 3.05) is 26.3 Å². The van der Waals surface area contributed by atoms with E-state index in [2.05, 4.69) is 15.3 Å². The zero-order valence-corrected chi connectivity index (χ0v) is 16.7. The van der Waals surface area contributed by atoms with Crippen LogP contribution in [0.1, 0.15) is 11.1 Å². The van der Waals surface area contributed by atoms with Gasteiger partial charge >= 0.3 is 13.1 Å². The maximum absolute atomic E-state index is 5.92. The highest BCUT2D eigenvalue weighted by Crippen LogP contribution is 2.14. The maximum Gasteiger partial charge on any atom is 0.514 e. The Morgan fingerprint density at radius 3 is 2.03 bits per heavy atom. The summed E-state index contributed by atoms with van der Waals surface area (Å²) in [6, 6.07) is 21.8. The van der Waals surface area contributed by atoms with Gasteiger partial charge in [-0.25, -0.2) is 4.98 Å². The van der Waals surface area contributed by atoms with E-state index in [0.717, 1.165) is 24.2 Å². The zero-order valence-electron chi connectivity index (χ0n) is 16.7. The van der Waals surface area contributed by atoms with Crippen molar-refractivity contribution >= 4 is 12.7 Å². The highest BCUT2D eigenvalue weighted by atomic mass is 16.6. The highest BCUT2D eigenvalue weighted by molar-refractivity contribution is 6.60. The number of hydrogen-bond donors (Lipinski definition) is 1. The molecule has 30 heavy (non-hydrogen) atoms. The van der Waals surface area contributed by atoms with Crippen molar-refractivity contribution in [3.8, 4) is 11.9 Å². The van der Waals surface area contributed by atoms with E-state index in [4.69, 9.17) is 18.8 Å². The lowest BCUT2D eigenvalue weighted by atomic mass is 9.84. The number of aromatic nitrogens is 2. The molecule has 7 nitrogen and oxygen atoms in total. The Morgan fingerprint density at radius 2 is 1.40 bits per heavy atom. The fourth-order valence-electron chi connectivity index (χ4n) is 2.95. The summed E-state index contributed by atoms with van der Waals surface area (Å²) >= 11 is 0. The molecule has 1 fully saturated rings. The third kappa shape index (κ3) is 6.03. The molecule has 1 aliphatic rings. The van der Waals surface area contributed by atoms with Crippen LogP contribution in [-0.2, 0) is 22.5 Å². The molecule has 0 aliphatic carbocycles. The largest absolute Gasteiger partial charge is 0.514 e. The predicted molar refractivity (Wildman–Crippen MR) is 114 cm³/mol. The topological polar surface area (TPSA) is 74.7 Å². The minimum absolute atomic E-state index is 0.229. The number of rotatable bonds is 7. The lowest BCUT2D eigenvalue weighted by Crippen LogP contribution is -2.44. The maximum atomic E-state index is 5.92. The fraction of sp³-hybridized carbons (Fsp3) is 0.273. The third-order valence-corrected chi connectivity index (χ3v) is 4.48. The van der Waals surface area contributed by atoms with Crippen molar-refractivity contribution in [2.24, 2.45) is 0 Å². The van der Waals surface area contributed by atoms with Gasteiger partial charge in [-0.05, 0) is 11.1 Å². The molecule has 0 unspecified atom stereocenters. The van der Waals surface area contributed by atoms with Crippen LogP contribution in [0.2, 0.25) is 0 Å². The van der Waals surface area contributed by atoms with Crippen LogP contribution in [0.25, 0.3) is 0 Å². The Balaban J connectivity index is 1.52. The summed E-state index contributed by atoms with van der Waals surface area (Å²) in [5.41, 5.74) is 2.66. The first-order chi connectivity index (χ1) is 14.9. The second-order valence-electron chi connectivity index (χ2n) is 6.79. The Morgan fingerprint density at radius 1 is 0.800 bits per heavy atom. The van der Waals surface area contributed by atoms with Crippen molar-refractivity contribution in [3.05, 3.63) is 77.9 Å². The fourth-order valence-corrected chi connectivity index (χ4v) is 2.95. The van der Waals surface area contributed by atoms with E-state index in [1.807, 2.05) is 60.7 Å². The molecule has 0 bridgehead atoms. The molecule has 0 amide bonds. The molecular weight excluding hydrogens is 381 g/mol. The zero-order chi connectivity index (χ0) is 20.4. The lowest BCUT2D eigenvalue weighted by molar-refractivity contribution is 0.186. The molecule has 1 saturated heterocycles. The molecule has 1 aromatic heterocycles. The molecule has 4 rings (SSSR count). The molecule has 8 heteroatoms. The summed E-state index contributed by atoms with van der Waals surface area (Å²) in [5, 5.41) is 3.23. The van der Waals surface area contributed by atoms with Gasteiger partial charge in [-0.3, -0.25) is 0 Å². The van der Waals surface area contributed by atoms with Gasteiger partial charge in [0.15, 0.2) is 0 Å². The van der Waals surface area contributed by atoms with Crippen LogP contribution in [0.5, 0.6) is 11.9 Å². The molecule has 2 aromatic carbocycles. The minimum Gasteiger partial charge on any atom is -0.473 e. The van der Waals surface area contributed by atoms with E-state index in [1.165, 1.54) is 0 Å². The van der Waals surface area contributed by atoms with Gasteiger partial charge in [0.25, 0.3) is 0 Å². The van der Waals surface area contributed by atoms with Crippen molar-refractivity contribution in [1.82, 2.24) is 15.3 Å². The summed E-state index contributed by atoms with van der Waals surface area (Å²) in [7, 11) is -0.590. The van der Waals surface area contributed by atoms with E-state index in [0.29, 0.717) is 37.9 Å². The first kappa shape index (κ1) is 20.3. The summed E-state index contributed by atoms with van der Waals surface area (Å²) in [6.45, 7) is 3.33. The van der Waals surface area contributed by atoms with Gasteiger partial charge in [0.1, 0.15) is 13.2 Å². The number of nitrogens with one attached hydrogen (secondary N) is 1. The van der Waals surface area contributed by atoms with E-state index >= 15 is 0 Å². The molecule has 3 aromatic rings. The Kier molecular flexibility index (Phi) is 7.28. The van der Waals surface area contributed by atoms with Crippen LogP contribution in [0.15, 0.2) is 66.7 Å². The quantitative estimate of drug-likeness (QED) is 0.603. The van der Waals surface area contributed by atoms with Crippen LogP contribution in [0.3, 0.4) is 0 Å². The molecule has 0 atom stereocenters. The molecule has 0 radical (unpaired) electrons. The smallest absolute Gasteiger partial charge is 0.473 e. The van der Waals surface area contributed by atoms with Crippen molar-refractivity contribution in [3.63, 3.8) is 0 Å². The SMILES string of the molecule is c1ccc(COc2cc(B3OCCNCCO3)nc(OCc3ccccc3)n2)cc1. The third-order valence-electron chi connectivity index (χ3n) is 4.48. The molecule has 0 saturated carbocycles. The van der Waals surface area contributed by atoms with Gasteiger partial charge in [0.05, 0.1) is 5.59 Å². The van der Waals surface area contributed by atoms with E-state index in [1.54, 1.807) is 6.07 Å². The molecule has 0 spiro atoms. The van der Waals surface area contributed by atoms with Gasteiger partial charge < -0.3 is 24.1 Å². The Bertz CT molecular complexity index is 845. The number of ether oxygens (including phenoxy) is 2. The summed E-state index contributed by atoms with van der Waals surface area (Å²) < 4.78 is 23.4. The first-order valence-corrected chi connectivity index (χ1v) is 10.0. The van der Waals surface area contributed by atoms with Crippen LogP contribution in [-0.4, -0.2) is 43.4 Å². The number of hydrogen-bond acceptors (Lipinski definition) is 7. The average Bonchev–Trinajstić information content (AvgIpc) is 2.77. The van der Waals surface area contributed by atoms with E-state index in [-0.39, 0.29) is 6.01 Å². The van der Waals surface area contributed by atoms with Crippen LogP contribution < -0.4 is 20.4 Å². The first-order valence-electron chi connectivity index (χ1n) is 10.0. The highest BCUT2D eigenvalue weighted by Gasteiger charge is 2.26. The van der Waals surface area contributed by atoms with Crippen LogP contribution in [0.4, 0.5) is 0 Å². The standard InChI is InChI=1S/C22H24BN3O4/c1-3-7-18(8-4-1)16-27-21-15-20(23-29-13-11-24-12-14-30-23)25-22(26-21)28-17-19-9-5-2-6-10-19/h1-10,15,24H,11-14,16-17H2. The lowest BCUT2D eigenvalue weighted by Gasteiger charge is -2.19. The van der Waals surface area contributed by atoms with Gasteiger partial charge in [0, 0.05) is 32.4 Å². The van der Waals surface area contributed by atoms with Crippen molar-refractivity contribution in [2.45, 2.75) is 13.2 Å². The number of nitrogens with zero attached hydrogens (tertiary/aromatic N) is 2. The Labute approximate surface area is 176 Å². The molecule has 1 aliphatic heterocycles. The Hall–Kier alpha value is -2.94. The molecular formula is C22H24BN3O4. The van der Waals surface area contributed by atoms with Crippen molar-refractivity contribution < 1.29 is 18.8 Å². The summed E-state index contributed by atoms with van der Waals surface area (Å²) in [6.07, 6.45) is 0. The molecule has 2 heterocycles. The van der Waals surface area contributed by atoms with Gasteiger partial charge in [-0.1, -0.05) is 60.7 Å². The normalized spacial score (nSPS) is 14.6. The molecule has 154 valence electrons. The number of benzene rings is 2. The van der Waals surface area contributed by atoms with Gasteiger partial charge in [-0.15, -0.1) is 0 Å². The van der Waals surface area contributed by atoms with Crippen LogP contribution >= 0.6 is 0 Å². The minimum atomic E-state index is -0.590. The summed E-state index contributed by atoms with van der Waals surface area (Å²) in [5.74, 6) is 0.416. The van der Waals surface area contributed by atoms with E-state index < -0.39 is 7.12 Å². The monoisotopic (exact) mass is 405 g/mol.